The molecule has 1 amide bonds. The zero-order valence-corrected chi connectivity index (χ0v) is 9.79. The number of rotatable bonds is 2. The van der Waals surface area contributed by atoms with E-state index in [1.807, 2.05) is 19.1 Å². The van der Waals surface area contributed by atoms with Crippen LogP contribution >= 0.6 is 0 Å². The van der Waals surface area contributed by atoms with Gasteiger partial charge < -0.3 is 5.32 Å². The molecule has 1 heterocycles. The summed E-state index contributed by atoms with van der Waals surface area (Å²) in [5.41, 5.74) is 1.44. The Bertz CT molecular complexity index is 353. The Labute approximate surface area is 90.9 Å². The molecular formula is C12H18N2O. The number of nitrogens with one attached hydrogen (secondary N) is 1. The van der Waals surface area contributed by atoms with Crippen LogP contribution in [-0.2, 0) is 0 Å². The van der Waals surface area contributed by atoms with Gasteiger partial charge in [-0.2, -0.15) is 0 Å². The fraction of sp³-hybridized carbons (Fsp3) is 0.500. The highest BCUT2D eigenvalue weighted by Gasteiger charge is 2.13. The standard InChI is InChI=1S/C12H18N2O/c1-9-6-5-7-10(14-9)11(15)13-8-12(2,3)4/h5-7H,8H2,1-4H3,(H,13,15). The van der Waals surface area contributed by atoms with Crippen LogP contribution in [0.2, 0.25) is 0 Å². The first-order valence-electron chi connectivity index (χ1n) is 5.10. The number of carbonyl (C=O) groups excluding carboxylic acids is 1. The third-order valence-electron chi connectivity index (χ3n) is 1.90. The average molecular weight is 206 g/mol. The van der Waals surface area contributed by atoms with Crippen molar-refractivity contribution < 1.29 is 4.79 Å². The molecule has 1 N–H and O–H groups in total. The first kappa shape index (κ1) is 11.7. The van der Waals surface area contributed by atoms with E-state index in [-0.39, 0.29) is 11.3 Å². The Morgan fingerprint density at radius 2 is 2.07 bits per heavy atom. The second-order valence-electron chi connectivity index (χ2n) is 4.91. The van der Waals surface area contributed by atoms with Crippen molar-refractivity contribution in [3.63, 3.8) is 0 Å². The number of hydrogen-bond donors (Lipinski definition) is 1. The van der Waals surface area contributed by atoms with Crippen molar-refractivity contribution in [2.75, 3.05) is 6.54 Å². The molecule has 1 aromatic rings. The van der Waals surface area contributed by atoms with Crippen LogP contribution in [0.4, 0.5) is 0 Å². The third kappa shape index (κ3) is 4.11. The zero-order chi connectivity index (χ0) is 11.5. The van der Waals surface area contributed by atoms with Gasteiger partial charge in [0.15, 0.2) is 0 Å². The van der Waals surface area contributed by atoms with Crippen LogP contribution in [0.3, 0.4) is 0 Å². The molecule has 0 saturated heterocycles. The molecule has 0 spiro atoms. The molecule has 0 atom stereocenters. The van der Waals surface area contributed by atoms with Gasteiger partial charge >= 0.3 is 0 Å². The van der Waals surface area contributed by atoms with E-state index in [4.69, 9.17) is 0 Å². The van der Waals surface area contributed by atoms with Gasteiger partial charge in [0.25, 0.3) is 5.91 Å². The van der Waals surface area contributed by atoms with Gasteiger partial charge in [0.1, 0.15) is 5.69 Å². The van der Waals surface area contributed by atoms with E-state index < -0.39 is 0 Å². The van der Waals surface area contributed by atoms with Gasteiger partial charge in [-0.15, -0.1) is 0 Å². The molecule has 0 bridgehead atoms. The maximum atomic E-state index is 11.7. The molecule has 0 aromatic carbocycles. The lowest BCUT2D eigenvalue weighted by molar-refractivity contribution is 0.0934. The minimum absolute atomic E-state index is 0.0967. The highest BCUT2D eigenvalue weighted by atomic mass is 16.1. The van der Waals surface area contributed by atoms with Crippen molar-refractivity contribution in [2.45, 2.75) is 27.7 Å². The number of pyridine rings is 1. The lowest BCUT2D eigenvalue weighted by Gasteiger charge is -2.18. The van der Waals surface area contributed by atoms with Crippen molar-refractivity contribution in [2.24, 2.45) is 5.41 Å². The van der Waals surface area contributed by atoms with Crippen LogP contribution in [0, 0.1) is 12.3 Å². The fourth-order valence-corrected chi connectivity index (χ4v) is 1.11. The number of aromatic nitrogens is 1. The van der Waals surface area contributed by atoms with E-state index in [0.717, 1.165) is 5.69 Å². The largest absolute Gasteiger partial charge is 0.350 e. The van der Waals surface area contributed by atoms with Crippen LogP contribution in [0.5, 0.6) is 0 Å². The van der Waals surface area contributed by atoms with E-state index >= 15 is 0 Å². The summed E-state index contributed by atoms with van der Waals surface area (Å²) in [6.07, 6.45) is 0. The van der Waals surface area contributed by atoms with Crippen LogP contribution in [0.25, 0.3) is 0 Å². The molecule has 1 rings (SSSR count). The minimum Gasteiger partial charge on any atom is -0.350 e. The quantitative estimate of drug-likeness (QED) is 0.805. The van der Waals surface area contributed by atoms with Gasteiger partial charge in [-0.05, 0) is 24.5 Å². The predicted octanol–water partition coefficient (Wildman–Crippen LogP) is 2.17. The number of nitrogens with zero attached hydrogens (tertiary/aromatic N) is 1. The fourth-order valence-electron chi connectivity index (χ4n) is 1.11. The molecule has 15 heavy (non-hydrogen) atoms. The molecular weight excluding hydrogens is 188 g/mol. The summed E-state index contributed by atoms with van der Waals surface area (Å²) in [7, 11) is 0. The summed E-state index contributed by atoms with van der Waals surface area (Å²) in [5, 5.41) is 2.86. The van der Waals surface area contributed by atoms with Crippen molar-refractivity contribution in [1.29, 1.82) is 0 Å². The molecule has 0 fully saturated rings. The minimum atomic E-state index is -0.103. The van der Waals surface area contributed by atoms with E-state index in [1.165, 1.54) is 0 Å². The number of hydrogen-bond acceptors (Lipinski definition) is 2. The Morgan fingerprint density at radius 3 is 2.60 bits per heavy atom. The first-order chi connectivity index (χ1) is 6.88. The van der Waals surface area contributed by atoms with Crippen molar-refractivity contribution in [1.82, 2.24) is 10.3 Å². The smallest absolute Gasteiger partial charge is 0.269 e. The van der Waals surface area contributed by atoms with Crippen LogP contribution in [-0.4, -0.2) is 17.4 Å². The van der Waals surface area contributed by atoms with Gasteiger partial charge in [0, 0.05) is 12.2 Å². The van der Waals surface area contributed by atoms with Gasteiger partial charge in [-0.3, -0.25) is 4.79 Å². The average Bonchev–Trinajstić information content (AvgIpc) is 2.13. The highest BCUT2D eigenvalue weighted by Crippen LogP contribution is 2.10. The zero-order valence-electron chi connectivity index (χ0n) is 9.79. The number of aryl methyl sites for hydroxylation is 1. The Kier molecular flexibility index (Phi) is 3.45. The molecule has 82 valence electrons. The summed E-state index contributed by atoms with van der Waals surface area (Å²) in [6.45, 7) is 8.77. The second-order valence-corrected chi connectivity index (χ2v) is 4.91. The van der Waals surface area contributed by atoms with Crippen molar-refractivity contribution in [3.05, 3.63) is 29.6 Å². The van der Waals surface area contributed by atoms with E-state index in [1.54, 1.807) is 6.07 Å². The molecule has 3 nitrogen and oxygen atoms in total. The second kappa shape index (κ2) is 4.43. The third-order valence-corrected chi connectivity index (χ3v) is 1.90. The van der Waals surface area contributed by atoms with E-state index in [2.05, 4.69) is 31.1 Å². The molecule has 3 heteroatoms. The lowest BCUT2D eigenvalue weighted by Crippen LogP contribution is -2.32. The normalized spacial score (nSPS) is 11.2. The molecule has 0 aliphatic rings. The summed E-state index contributed by atoms with van der Waals surface area (Å²) >= 11 is 0. The number of amides is 1. The summed E-state index contributed by atoms with van der Waals surface area (Å²) in [6, 6.07) is 5.44. The summed E-state index contributed by atoms with van der Waals surface area (Å²) in [5.74, 6) is -0.103. The SMILES string of the molecule is Cc1cccc(C(=O)NCC(C)(C)C)n1. The maximum Gasteiger partial charge on any atom is 0.269 e. The molecule has 0 unspecified atom stereocenters. The molecule has 0 aliphatic carbocycles. The van der Waals surface area contributed by atoms with Crippen molar-refractivity contribution >= 4 is 5.91 Å². The van der Waals surface area contributed by atoms with Gasteiger partial charge in [-0.1, -0.05) is 26.8 Å². The number of carbonyl (C=O) groups is 1. The van der Waals surface area contributed by atoms with Gasteiger partial charge in [0.05, 0.1) is 0 Å². The monoisotopic (exact) mass is 206 g/mol. The van der Waals surface area contributed by atoms with Crippen molar-refractivity contribution in [3.8, 4) is 0 Å². The summed E-state index contributed by atoms with van der Waals surface area (Å²) in [4.78, 5) is 15.8. The molecule has 1 aromatic heterocycles. The highest BCUT2D eigenvalue weighted by molar-refractivity contribution is 5.92. The van der Waals surface area contributed by atoms with E-state index in [9.17, 15) is 4.79 Å². The lowest BCUT2D eigenvalue weighted by atomic mass is 9.97. The Balaban J connectivity index is 2.62. The Hall–Kier alpha value is -1.38. The van der Waals surface area contributed by atoms with Crippen LogP contribution in [0.15, 0.2) is 18.2 Å². The molecule has 0 saturated carbocycles. The molecule has 0 aliphatic heterocycles. The van der Waals surface area contributed by atoms with Gasteiger partial charge in [-0.25, -0.2) is 4.98 Å². The maximum absolute atomic E-state index is 11.7. The van der Waals surface area contributed by atoms with Gasteiger partial charge in [0.2, 0.25) is 0 Å². The predicted molar refractivity (Wildman–Crippen MR) is 60.8 cm³/mol. The molecule has 0 radical (unpaired) electrons. The topological polar surface area (TPSA) is 42.0 Å². The van der Waals surface area contributed by atoms with Crippen LogP contribution < -0.4 is 5.32 Å². The Morgan fingerprint density at radius 1 is 1.40 bits per heavy atom. The first-order valence-corrected chi connectivity index (χ1v) is 5.10. The van der Waals surface area contributed by atoms with E-state index in [0.29, 0.717) is 12.2 Å². The summed E-state index contributed by atoms with van der Waals surface area (Å²) < 4.78 is 0. The van der Waals surface area contributed by atoms with Crippen LogP contribution in [0.1, 0.15) is 37.0 Å².